The number of aromatic nitrogens is 2. The van der Waals surface area contributed by atoms with Crippen molar-refractivity contribution >= 4 is 0 Å². The highest BCUT2D eigenvalue weighted by atomic mass is 19.4. The first-order valence-corrected chi connectivity index (χ1v) is 6.95. The van der Waals surface area contributed by atoms with Crippen LogP contribution in [0.1, 0.15) is 63.6 Å². The van der Waals surface area contributed by atoms with Crippen LogP contribution in [0.5, 0.6) is 0 Å². The number of nitrogens with zero attached hydrogens (tertiary/aromatic N) is 2. The molecule has 2 N–H and O–H groups in total. The lowest BCUT2D eigenvalue weighted by molar-refractivity contribution is -0.190. The molecule has 0 aliphatic heterocycles. The van der Waals surface area contributed by atoms with Gasteiger partial charge in [-0.05, 0) is 38.5 Å². The molecule has 7 heteroatoms. The van der Waals surface area contributed by atoms with E-state index in [0.717, 1.165) is 39.0 Å². The van der Waals surface area contributed by atoms with Crippen molar-refractivity contribution in [2.24, 2.45) is 11.7 Å². The Balaban J connectivity index is 2.10. The van der Waals surface area contributed by atoms with Crippen molar-refractivity contribution in [2.45, 2.75) is 63.6 Å². The Morgan fingerprint density at radius 3 is 2.35 bits per heavy atom. The molecule has 1 aromatic heterocycles. The zero-order valence-electron chi connectivity index (χ0n) is 11.7. The van der Waals surface area contributed by atoms with E-state index in [0.29, 0.717) is 11.7 Å². The predicted molar refractivity (Wildman–Crippen MR) is 66.9 cm³/mol. The first-order valence-electron chi connectivity index (χ1n) is 6.95. The SMILES string of the molecule is CCC1CCC(c2noc(C(C)(N)C(F)(F)F)n2)CC1. The topological polar surface area (TPSA) is 64.9 Å². The van der Waals surface area contributed by atoms with E-state index in [1.807, 2.05) is 0 Å². The summed E-state index contributed by atoms with van der Waals surface area (Å²) in [5.74, 6) is 0.583. The zero-order chi connectivity index (χ0) is 15.0. The summed E-state index contributed by atoms with van der Waals surface area (Å²) in [5.41, 5.74) is 2.68. The third-order valence-electron chi connectivity index (χ3n) is 4.26. The van der Waals surface area contributed by atoms with E-state index in [4.69, 9.17) is 10.3 Å². The summed E-state index contributed by atoms with van der Waals surface area (Å²) in [4.78, 5) is 3.90. The normalized spacial score (nSPS) is 27.3. The van der Waals surface area contributed by atoms with Crippen LogP contribution in [0.3, 0.4) is 0 Å². The Hall–Kier alpha value is -1.11. The minimum absolute atomic E-state index is 0.0827. The van der Waals surface area contributed by atoms with Crippen molar-refractivity contribution in [3.63, 3.8) is 0 Å². The van der Waals surface area contributed by atoms with E-state index in [2.05, 4.69) is 17.1 Å². The van der Waals surface area contributed by atoms with Crippen LogP contribution in [0, 0.1) is 5.92 Å². The molecule has 1 saturated carbocycles. The lowest BCUT2D eigenvalue weighted by atomic mass is 9.80. The van der Waals surface area contributed by atoms with E-state index in [9.17, 15) is 13.2 Å². The summed E-state index contributed by atoms with van der Waals surface area (Å²) in [6.07, 6.45) is 0.430. The number of hydrogen-bond donors (Lipinski definition) is 1. The second kappa shape index (κ2) is 5.35. The van der Waals surface area contributed by atoms with Crippen LogP contribution in [0.2, 0.25) is 0 Å². The third-order valence-corrected chi connectivity index (χ3v) is 4.26. The van der Waals surface area contributed by atoms with E-state index in [-0.39, 0.29) is 5.92 Å². The molecule has 1 aromatic rings. The van der Waals surface area contributed by atoms with E-state index >= 15 is 0 Å². The molecule has 1 atom stereocenters. The van der Waals surface area contributed by atoms with Crippen LogP contribution >= 0.6 is 0 Å². The number of rotatable bonds is 3. The highest BCUT2D eigenvalue weighted by molar-refractivity contribution is 5.07. The largest absolute Gasteiger partial charge is 0.415 e. The average Bonchev–Trinajstić information content (AvgIpc) is 2.87. The molecule has 0 saturated heterocycles. The Bertz CT molecular complexity index is 448. The minimum atomic E-state index is -4.61. The second-order valence-electron chi connectivity index (χ2n) is 5.78. The molecular weight excluding hydrogens is 271 g/mol. The standard InChI is InChI=1S/C13H20F3N3O/c1-3-8-4-6-9(7-5-8)10-18-11(20-19-10)12(2,17)13(14,15)16/h8-9H,3-7,17H2,1-2H3. The quantitative estimate of drug-likeness (QED) is 0.925. The van der Waals surface area contributed by atoms with Gasteiger partial charge in [0.15, 0.2) is 11.4 Å². The average molecular weight is 291 g/mol. The molecule has 0 bridgehead atoms. The zero-order valence-corrected chi connectivity index (χ0v) is 11.7. The molecule has 0 radical (unpaired) electrons. The number of hydrogen-bond acceptors (Lipinski definition) is 4. The van der Waals surface area contributed by atoms with Crippen molar-refractivity contribution in [3.8, 4) is 0 Å². The van der Waals surface area contributed by atoms with Crippen molar-refractivity contribution in [1.82, 2.24) is 10.1 Å². The van der Waals surface area contributed by atoms with E-state index in [1.54, 1.807) is 0 Å². The molecule has 0 amide bonds. The summed E-state index contributed by atoms with van der Waals surface area (Å²) in [7, 11) is 0. The fraction of sp³-hybridized carbons (Fsp3) is 0.846. The first-order chi connectivity index (χ1) is 9.25. The molecule has 1 aliphatic rings. The van der Waals surface area contributed by atoms with Gasteiger partial charge in [0.05, 0.1) is 0 Å². The third kappa shape index (κ3) is 2.82. The molecule has 1 aliphatic carbocycles. The van der Waals surface area contributed by atoms with E-state index < -0.39 is 17.6 Å². The van der Waals surface area contributed by atoms with Crippen LogP contribution in [-0.2, 0) is 5.54 Å². The molecule has 1 unspecified atom stereocenters. The highest BCUT2D eigenvalue weighted by Gasteiger charge is 2.53. The van der Waals surface area contributed by atoms with Crippen molar-refractivity contribution in [1.29, 1.82) is 0 Å². The fourth-order valence-electron chi connectivity index (χ4n) is 2.56. The maximum atomic E-state index is 12.8. The van der Waals surface area contributed by atoms with E-state index in [1.165, 1.54) is 0 Å². The second-order valence-corrected chi connectivity index (χ2v) is 5.78. The number of nitrogens with two attached hydrogens (primary N) is 1. The van der Waals surface area contributed by atoms with Gasteiger partial charge in [-0.25, -0.2) is 0 Å². The van der Waals surface area contributed by atoms with Crippen LogP contribution < -0.4 is 5.73 Å². The van der Waals surface area contributed by atoms with Gasteiger partial charge in [0.1, 0.15) is 0 Å². The van der Waals surface area contributed by atoms with Crippen molar-refractivity contribution < 1.29 is 17.7 Å². The van der Waals surface area contributed by atoms with Gasteiger partial charge in [0.2, 0.25) is 0 Å². The molecular formula is C13H20F3N3O. The lowest BCUT2D eigenvalue weighted by Crippen LogP contribution is -2.48. The summed E-state index contributed by atoms with van der Waals surface area (Å²) in [6, 6.07) is 0. The van der Waals surface area contributed by atoms with Gasteiger partial charge >= 0.3 is 6.18 Å². The van der Waals surface area contributed by atoms with Crippen molar-refractivity contribution in [2.75, 3.05) is 0 Å². The van der Waals surface area contributed by atoms with Gasteiger partial charge in [-0.15, -0.1) is 0 Å². The first kappa shape index (κ1) is 15.3. The van der Waals surface area contributed by atoms with Gasteiger partial charge in [-0.3, -0.25) is 0 Å². The molecule has 20 heavy (non-hydrogen) atoms. The molecule has 1 heterocycles. The maximum absolute atomic E-state index is 12.8. The Morgan fingerprint density at radius 1 is 1.25 bits per heavy atom. The van der Waals surface area contributed by atoms with Crippen LogP contribution in [0.25, 0.3) is 0 Å². The Labute approximate surface area is 115 Å². The minimum Gasteiger partial charge on any atom is -0.337 e. The molecule has 4 nitrogen and oxygen atoms in total. The molecule has 2 rings (SSSR count). The summed E-state index contributed by atoms with van der Waals surface area (Å²) < 4.78 is 43.2. The molecule has 0 spiro atoms. The van der Waals surface area contributed by atoms with Crippen molar-refractivity contribution in [3.05, 3.63) is 11.7 Å². The monoisotopic (exact) mass is 291 g/mol. The Kier molecular flexibility index (Phi) is 4.09. The molecule has 0 aromatic carbocycles. The van der Waals surface area contributed by atoms with Gasteiger partial charge in [-0.2, -0.15) is 18.2 Å². The smallest absolute Gasteiger partial charge is 0.337 e. The summed E-state index contributed by atoms with van der Waals surface area (Å²) in [6.45, 7) is 3.00. The maximum Gasteiger partial charge on any atom is 0.415 e. The number of alkyl halides is 3. The summed E-state index contributed by atoms with van der Waals surface area (Å²) >= 11 is 0. The van der Waals surface area contributed by atoms with Gasteiger partial charge in [0, 0.05) is 5.92 Å². The van der Waals surface area contributed by atoms with Crippen LogP contribution in [0.4, 0.5) is 13.2 Å². The lowest BCUT2D eigenvalue weighted by Gasteiger charge is -2.25. The van der Waals surface area contributed by atoms with Gasteiger partial charge in [-0.1, -0.05) is 18.5 Å². The molecule has 114 valence electrons. The molecule has 1 fully saturated rings. The van der Waals surface area contributed by atoms with Crippen LogP contribution in [0.15, 0.2) is 4.52 Å². The highest BCUT2D eigenvalue weighted by Crippen LogP contribution is 2.38. The van der Waals surface area contributed by atoms with Crippen LogP contribution in [-0.4, -0.2) is 16.3 Å². The fourth-order valence-corrected chi connectivity index (χ4v) is 2.56. The Morgan fingerprint density at radius 2 is 1.85 bits per heavy atom. The van der Waals surface area contributed by atoms with Gasteiger partial charge in [0.25, 0.3) is 5.89 Å². The number of halogens is 3. The van der Waals surface area contributed by atoms with Gasteiger partial charge < -0.3 is 10.3 Å². The predicted octanol–water partition coefficient (Wildman–Crippen LogP) is 3.49. The summed E-state index contributed by atoms with van der Waals surface area (Å²) in [5, 5.41) is 3.70.